The van der Waals surface area contributed by atoms with Gasteiger partial charge in [0.2, 0.25) is 0 Å². The summed E-state index contributed by atoms with van der Waals surface area (Å²) < 4.78 is 28.3. The Hall–Kier alpha value is -2.12. The van der Waals surface area contributed by atoms with E-state index in [9.17, 15) is 18.5 Å². The Morgan fingerprint density at radius 1 is 1.10 bits per heavy atom. The Kier molecular flexibility index (Phi) is 3.91. The molecule has 0 amide bonds. The van der Waals surface area contributed by atoms with Gasteiger partial charge in [0.15, 0.2) is 0 Å². The minimum atomic E-state index is -4.17. The first kappa shape index (κ1) is 14.3. The van der Waals surface area contributed by atoms with Gasteiger partial charge in [-0.2, -0.15) is 0 Å². The molecule has 104 valence electrons. The summed E-state index contributed by atoms with van der Waals surface area (Å²) in [5.41, 5.74) is -0.385. The maximum absolute atomic E-state index is 11.5. The van der Waals surface area contributed by atoms with E-state index >= 15 is 0 Å². The summed E-state index contributed by atoms with van der Waals surface area (Å²) in [4.78, 5) is 9.52. The molecule has 0 aromatic heterocycles. The van der Waals surface area contributed by atoms with E-state index in [0.29, 0.717) is 5.75 Å². The van der Waals surface area contributed by atoms with Gasteiger partial charge in [0.1, 0.15) is 16.4 Å². The maximum Gasteiger partial charge on any atom is 0.271 e. The van der Waals surface area contributed by atoms with E-state index in [1.807, 2.05) is 0 Å². The molecule has 6 nitrogen and oxygen atoms in total. The van der Waals surface area contributed by atoms with Gasteiger partial charge in [-0.3, -0.25) is 10.1 Å². The lowest BCUT2D eigenvalue weighted by atomic mass is 10.3. The molecule has 0 saturated carbocycles. The Morgan fingerprint density at radius 3 is 2.30 bits per heavy atom. The van der Waals surface area contributed by atoms with Crippen molar-refractivity contribution in [1.29, 1.82) is 0 Å². The summed E-state index contributed by atoms with van der Waals surface area (Å²) in [6, 6.07) is 11.6. The SMILES string of the molecule is O=[N+]([O-])c1ccc(Oc2ccccc2)c(S(=O)(=O)Cl)c1. The van der Waals surface area contributed by atoms with Crippen LogP contribution in [0, 0.1) is 10.1 Å². The molecule has 2 aromatic rings. The summed E-state index contributed by atoms with van der Waals surface area (Å²) in [6.45, 7) is 0. The number of ether oxygens (including phenoxy) is 1. The first-order chi connectivity index (χ1) is 9.38. The van der Waals surface area contributed by atoms with Crippen LogP contribution in [0.2, 0.25) is 0 Å². The molecule has 0 atom stereocenters. The average molecular weight is 314 g/mol. The molecule has 0 saturated heterocycles. The minimum absolute atomic E-state index is 0.0724. The first-order valence-electron chi connectivity index (χ1n) is 5.34. The van der Waals surface area contributed by atoms with Crippen molar-refractivity contribution >= 4 is 25.4 Å². The smallest absolute Gasteiger partial charge is 0.271 e. The largest absolute Gasteiger partial charge is 0.456 e. The minimum Gasteiger partial charge on any atom is -0.456 e. The number of hydrogen-bond acceptors (Lipinski definition) is 5. The Bertz CT molecular complexity index is 746. The van der Waals surface area contributed by atoms with Gasteiger partial charge in [-0.25, -0.2) is 8.42 Å². The van der Waals surface area contributed by atoms with Crippen LogP contribution in [-0.4, -0.2) is 13.3 Å². The van der Waals surface area contributed by atoms with Gasteiger partial charge >= 0.3 is 0 Å². The molecule has 8 heteroatoms. The summed E-state index contributed by atoms with van der Waals surface area (Å²) in [5.74, 6) is 0.319. The van der Waals surface area contributed by atoms with Crippen LogP contribution in [0.25, 0.3) is 0 Å². The van der Waals surface area contributed by atoms with Gasteiger partial charge in [-0.1, -0.05) is 18.2 Å². The molecule has 0 aliphatic carbocycles. The first-order valence-corrected chi connectivity index (χ1v) is 7.65. The molecule has 0 heterocycles. The van der Waals surface area contributed by atoms with E-state index in [2.05, 4.69) is 0 Å². The van der Waals surface area contributed by atoms with Crippen molar-refractivity contribution in [3.63, 3.8) is 0 Å². The normalized spacial score (nSPS) is 11.1. The molecule has 0 spiro atoms. The summed E-state index contributed by atoms with van der Waals surface area (Å²) in [6.07, 6.45) is 0. The van der Waals surface area contributed by atoms with Crippen LogP contribution in [-0.2, 0) is 9.05 Å². The van der Waals surface area contributed by atoms with Crippen LogP contribution >= 0.6 is 10.7 Å². The van der Waals surface area contributed by atoms with Gasteiger partial charge in [0.05, 0.1) is 4.92 Å². The summed E-state index contributed by atoms with van der Waals surface area (Å²) in [7, 11) is 1.11. The monoisotopic (exact) mass is 313 g/mol. The Balaban J connectivity index is 2.50. The molecular formula is C12H8ClNO5S. The van der Waals surface area contributed by atoms with Gasteiger partial charge < -0.3 is 4.74 Å². The van der Waals surface area contributed by atoms with Crippen molar-refractivity contribution in [2.75, 3.05) is 0 Å². The summed E-state index contributed by atoms with van der Waals surface area (Å²) in [5, 5.41) is 10.7. The average Bonchev–Trinajstić information content (AvgIpc) is 2.39. The van der Waals surface area contributed by atoms with E-state index < -0.39 is 18.9 Å². The van der Waals surface area contributed by atoms with Gasteiger partial charge in [0.25, 0.3) is 14.7 Å². The highest BCUT2D eigenvalue weighted by atomic mass is 35.7. The van der Waals surface area contributed by atoms with Crippen LogP contribution < -0.4 is 4.74 Å². The van der Waals surface area contributed by atoms with Crippen LogP contribution in [0.1, 0.15) is 0 Å². The third kappa shape index (κ3) is 3.25. The van der Waals surface area contributed by atoms with E-state index in [4.69, 9.17) is 15.4 Å². The van der Waals surface area contributed by atoms with Crippen molar-refractivity contribution in [1.82, 2.24) is 0 Å². The molecule has 20 heavy (non-hydrogen) atoms. The van der Waals surface area contributed by atoms with Gasteiger partial charge in [0, 0.05) is 22.8 Å². The third-order valence-electron chi connectivity index (χ3n) is 2.37. The Morgan fingerprint density at radius 2 is 1.75 bits per heavy atom. The molecule has 0 bridgehead atoms. The number of non-ortho nitro benzene ring substituents is 1. The van der Waals surface area contributed by atoms with Crippen LogP contribution in [0.3, 0.4) is 0 Å². The molecule has 0 N–H and O–H groups in total. The highest BCUT2D eigenvalue weighted by Crippen LogP contribution is 2.33. The van der Waals surface area contributed by atoms with Crippen molar-refractivity contribution in [2.24, 2.45) is 0 Å². The number of hydrogen-bond donors (Lipinski definition) is 0. The quantitative estimate of drug-likeness (QED) is 0.491. The second kappa shape index (κ2) is 5.48. The predicted octanol–water partition coefficient (Wildman–Crippen LogP) is 3.31. The number of rotatable bonds is 4. The van der Waals surface area contributed by atoms with Crippen LogP contribution in [0.4, 0.5) is 5.69 Å². The van der Waals surface area contributed by atoms with Crippen LogP contribution in [0.5, 0.6) is 11.5 Å². The number of nitro groups is 1. The van der Waals surface area contributed by atoms with Crippen molar-refractivity contribution in [3.8, 4) is 11.5 Å². The van der Waals surface area contributed by atoms with Crippen molar-refractivity contribution in [3.05, 3.63) is 58.6 Å². The van der Waals surface area contributed by atoms with E-state index in [-0.39, 0.29) is 11.4 Å². The molecule has 0 radical (unpaired) electrons. The standard InChI is InChI=1S/C12H8ClNO5S/c13-20(17,18)12-8-9(14(15)16)6-7-11(12)19-10-4-2-1-3-5-10/h1-8H. The van der Waals surface area contributed by atoms with Gasteiger partial charge in [-0.15, -0.1) is 0 Å². The van der Waals surface area contributed by atoms with Crippen molar-refractivity contribution in [2.45, 2.75) is 4.90 Å². The van der Waals surface area contributed by atoms with E-state index in [1.54, 1.807) is 30.3 Å². The number of benzene rings is 2. The fraction of sp³-hybridized carbons (Fsp3) is 0. The molecule has 0 fully saturated rings. The van der Waals surface area contributed by atoms with E-state index in [0.717, 1.165) is 12.1 Å². The molecule has 0 aliphatic rings. The lowest BCUT2D eigenvalue weighted by Gasteiger charge is -2.08. The number of nitrogens with zero attached hydrogens (tertiary/aromatic N) is 1. The molecular weight excluding hydrogens is 306 g/mol. The van der Waals surface area contributed by atoms with Gasteiger partial charge in [-0.05, 0) is 18.2 Å². The zero-order chi connectivity index (χ0) is 14.8. The molecule has 2 aromatic carbocycles. The zero-order valence-corrected chi connectivity index (χ0v) is 11.5. The number of halogens is 1. The molecule has 0 aliphatic heterocycles. The highest BCUT2D eigenvalue weighted by molar-refractivity contribution is 8.13. The Labute approximate surface area is 119 Å². The van der Waals surface area contributed by atoms with Crippen molar-refractivity contribution < 1.29 is 18.1 Å². The second-order valence-corrected chi connectivity index (χ2v) is 6.28. The maximum atomic E-state index is 11.5. The second-order valence-electron chi connectivity index (χ2n) is 3.74. The fourth-order valence-electron chi connectivity index (χ4n) is 1.50. The lowest BCUT2D eigenvalue weighted by Crippen LogP contribution is -1.98. The zero-order valence-electron chi connectivity index (χ0n) is 9.89. The molecule has 0 unspecified atom stereocenters. The molecule has 2 rings (SSSR count). The topological polar surface area (TPSA) is 86.5 Å². The third-order valence-corrected chi connectivity index (χ3v) is 3.71. The summed E-state index contributed by atoms with van der Waals surface area (Å²) >= 11 is 0. The number of nitro benzene ring substituents is 1. The van der Waals surface area contributed by atoms with E-state index in [1.165, 1.54) is 6.07 Å². The highest BCUT2D eigenvalue weighted by Gasteiger charge is 2.21. The number of para-hydroxylation sites is 1. The predicted molar refractivity (Wildman–Crippen MR) is 72.7 cm³/mol. The van der Waals surface area contributed by atoms with Crippen LogP contribution in [0.15, 0.2) is 53.4 Å². The lowest BCUT2D eigenvalue weighted by molar-refractivity contribution is -0.385. The fourth-order valence-corrected chi connectivity index (χ4v) is 2.47.